The SMILES string of the molecule is CCCNC(=O)[C@@H](C)N1C(=O)CCC1=O. The molecule has 1 heterocycles. The van der Waals surface area contributed by atoms with Crippen LogP contribution in [0.25, 0.3) is 0 Å². The number of hydrogen-bond acceptors (Lipinski definition) is 3. The average Bonchev–Trinajstić information content (AvgIpc) is 2.54. The normalized spacial score (nSPS) is 18.1. The fourth-order valence-corrected chi connectivity index (χ4v) is 1.54. The number of likely N-dealkylation sites (tertiary alicyclic amines) is 1. The summed E-state index contributed by atoms with van der Waals surface area (Å²) in [6, 6.07) is -0.681. The van der Waals surface area contributed by atoms with E-state index in [1.165, 1.54) is 0 Å². The number of nitrogens with one attached hydrogen (secondary N) is 1. The van der Waals surface area contributed by atoms with Crippen LogP contribution in [0.15, 0.2) is 0 Å². The van der Waals surface area contributed by atoms with Crippen molar-refractivity contribution in [2.24, 2.45) is 0 Å². The topological polar surface area (TPSA) is 66.5 Å². The van der Waals surface area contributed by atoms with Gasteiger partial charge in [0, 0.05) is 19.4 Å². The maximum absolute atomic E-state index is 11.5. The first kappa shape index (κ1) is 11.7. The van der Waals surface area contributed by atoms with Crippen LogP contribution in [0.3, 0.4) is 0 Å². The van der Waals surface area contributed by atoms with E-state index >= 15 is 0 Å². The monoisotopic (exact) mass is 212 g/mol. The Morgan fingerprint density at radius 2 is 1.93 bits per heavy atom. The van der Waals surface area contributed by atoms with Gasteiger partial charge in [0.15, 0.2) is 0 Å². The highest BCUT2D eigenvalue weighted by molar-refractivity contribution is 6.05. The minimum Gasteiger partial charge on any atom is -0.354 e. The Labute approximate surface area is 88.8 Å². The molecule has 0 spiro atoms. The third-order valence-electron chi connectivity index (χ3n) is 2.41. The molecule has 0 aromatic rings. The van der Waals surface area contributed by atoms with Crippen LogP contribution in [0.2, 0.25) is 0 Å². The highest BCUT2D eigenvalue weighted by atomic mass is 16.2. The van der Waals surface area contributed by atoms with Crippen LogP contribution >= 0.6 is 0 Å². The van der Waals surface area contributed by atoms with E-state index in [4.69, 9.17) is 0 Å². The van der Waals surface area contributed by atoms with E-state index in [9.17, 15) is 14.4 Å². The van der Waals surface area contributed by atoms with Crippen molar-refractivity contribution < 1.29 is 14.4 Å². The molecule has 0 unspecified atom stereocenters. The largest absolute Gasteiger partial charge is 0.354 e. The van der Waals surface area contributed by atoms with Gasteiger partial charge in [-0.25, -0.2) is 0 Å². The minimum atomic E-state index is -0.681. The molecule has 3 amide bonds. The van der Waals surface area contributed by atoms with Crippen molar-refractivity contribution in [3.05, 3.63) is 0 Å². The zero-order chi connectivity index (χ0) is 11.4. The van der Waals surface area contributed by atoms with E-state index in [0.29, 0.717) is 6.54 Å². The lowest BCUT2D eigenvalue weighted by Crippen LogP contribution is -2.47. The molecule has 1 aliphatic rings. The van der Waals surface area contributed by atoms with E-state index in [-0.39, 0.29) is 30.6 Å². The van der Waals surface area contributed by atoms with Crippen LogP contribution in [0.1, 0.15) is 33.1 Å². The summed E-state index contributed by atoms with van der Waals surface area (Å²) in [7, 11) is 0. The van der Waals surface area contributed by atoms with Crippen LogP contribution in [0.5, 0.6) is 0 Å². The molecule has 0 saturated carbocycles. The molecule has 1 saturated heterocycles. The van der Waals surface area contributed by atoms with Gasteiger partial charge in [-0.3, -0.25) is 19.3 Å². The summed E-state index contributed by atoms with van der Waals surface area (Å²) in [6.07, 6.45) is 1.29. The molecular formula is C10H16N2O3. The Bertz CT molecular complexity index is 272. The van der Waals surface area contributed by atoms with Gasteiger partial charge in [0.25, 0.3) is 0 Å². The first-order chi connectivity index (χ1) is 7.07. The van der Waals surface area contributed by atoms with E-state index in [1.54, 1.807) is 6.92 Å². The second kappa shape index (κ2) is 4.91. The molecule has 1 fully saturated rings. The van der Waals surface area contributed by atoms with Crippen molar-refractivity contribution in [3.63, 3.8) is 0 Å². The standard InChI is InChI=1S/C10H16N2O3/c1-3-6-11-10(15)7(2)12-8(13)4-5-9(12)14/h7H,3-6H2,1-2H3,(H,11,15)/t7-/m1/s1. The van der Waals surface area contributed by atoms with Crippen molar-refractivity contribution >= 4 is 17.7 Å². The maximum atomic E-state index is 11.5. The first-order valence-corrected chi connectivity index (χ1v) is 5.20. The average molecular weight is 212 g/mol. The van der Waals surface area contributed by atoms with Gasteiger partial charge < -0.3 is 5.32 Å². The van der Waals surface area contributed by atoms with Crippen LogP contribution in [0.4, 0.5) is 0 Å². The highest BCUT2D eigenvalue weighted by Gasteiger charge is 2.35. The smallest absolute Gasteiger partial charge is 0.243 e. The van der Waals surface area contributed by atoms with Gasteiger partial charge in [-0.05, 0) is 13.3 Å². The number of amides is 3. The first-order valence-electron chi connectivity index (χ1n) is 5.20. The van der Waals surface area contributed by atoms with E-state index in [0.717, 1.165) is 11.3 Å². The van der Waals surface area contributed by atoms with E-state index < -0.39 is 6.04 Å². The molecular weight excluding hydrogens is 196 g/mol. The van der Waals surface area contributed by atoms with Crippen molar-refractivity contribution in [2.75, 3.05) is 6.54 Å². The summed E-state index contributed by atoms with van der Waals surface area (Å²) in [4.78, 5) is 35.2. The molecule has 0 aromatic carbocycles. The van der Waals surface area contributed by atoms with Crippen molar-refractivity contribution in [1.82, 2.24) is 10.2 Å². The van der Waals surface area contributed by atoms with Gasteiger partial charge in [-0.15, -0.1) is 0 Å². The molecule has 5 nitrogen and oxygen atoms in total. The predicted molar refractivity (Wildman–Crippen MR) is 53.8 cm³/mol. The van der Waals surface area contributed by atoms with Crippen molar-refractivity contribution in [2.45, 2.75) is 39.2 Å². The van der Waals surface area contributed by atoms with Gasteiger partial charge in [0.1, 0.15) is 6.04 Å². The summed E-state index contributed by atoms with van der Waals surface area (Å²) in [6.45, 7) is 4.09. The Morgan fingerprint density at radius 3 is 2.40 bits per heavy atom. The van der Waals surface area contributed by atoms with E-state index in [1.807, 2.05) is 6.92 Å². The maximum Gasteiger partial charge on any atom is 0.243 e. The molecule has 0 aromatic heterocycles. The van der Waals surface area contributed by atoms with Gasteiger partial charge in [0.05, 0.1) is 0 Å². The third-order valence-corrected chi connectivity index (χ3v) is 2.41. The number of imide groups is 1. The zero-order valence-electron chi connectivity index (χ0n) is 9.08. The molecule has 0 radical (unpaired) electrons. The number of carbonyl (C=O) groups excluding carboxylic acids is 3. The van der Waals surface area contributed by atoms with Gasteiger partial charge in [0.2, 0.25) is 17.7 Å². The second-order valence-corrected chi connectivity index (χ2v) is 3.62. The molecule has 1 aliphatic heterocycles. The van der Waals surface area contributed by atoms with Crippen LogP contribution < -0.4 is 5.32 Å². The third kappa shape index (κ3) is 2.55. The molecule has 1 N–H and O–H groups in total. The minimum absolute atomic E-state index is 0.226. The number of hydrogen-bond donors (Lipinski definition) is 1. The predicted octanol–water partition coefficient (Wildman–Crippen LogP) is 0.0501. The molecule has 84 valence electrons. The van der Waals surface area contributed by atoms with Gasteiger partial charge >= 0.3 is 0 Å². The Kier molecular flexibility index (Phi) is 3.82. The fraction of sp³-hybridized carbons (Fsp3) is 0.700. The number of carbonyl (C=O) groups is 3. The second-order valence-electron chi connectivity index (χ2n) is 3.62. The Hall–Kier alpha value is -1.39. The molecule has 1 atom stereocenters. The molecule has 1 rings (SSSR count). The summed E-state index contributed by atoms with van der Waals surface area (Å²) in [5.41, 5.74) is 0. The lowest BCUT2D eigenvalue weighted by atomic mass is 10.2. The molecule has 0 bridgehead atoms. The van der Waals surface area contributed by atoms with Crippen LogP contribution in [0, 0.1) is 0 Å². The summed E-state index contributed by atoms with van der Waals surface area (Å²) in [5, 5.41) is 2.67. The van der Waals surface area contributed by atoms with Crippen molar-refractivity contribution in [1.29, 1.82) is 0 Å². The summed E-state index contributed by atoms with van der Waals surface area (Å²) in [5.74, 6) is -0.765. The molecule has 15 heavy (non-hydrogen) atoms. The number of rotatable bonds is 4. The molecule has 5 heteroatoms. The molecule has 0 aliphatic carbocycles. The van der Waals surface area contributed by atoms with Crippen LogP contribution in [-0.4, -0.2) is 35.2 Å². The van der Waals surface area contributed by atoms with Gasteiger partial charge in [-0.1, -0.05) is 6.92 Å². The van der Waals surface area contributed by atoms with Crippen LogP contribution in [-0.2, 0) is 14.4 Å². The summed E-state index contributed by atoms with van der Waals surface area (Å²) < 4.78 is 0. The Morgan fingerprint density at radius 1 is 1.40 bits per heavy atom. The number of nitrogens with zero attached hydrogens (tertiary/aromatic N) is 1. The fourth-order valence-electron chi connectivity index (χ4n) is 1.54. The van der Waals surface area contributed by atoms with E-state index in [2.05, 4.69) is 5.32 Å². The lowest BCUT2D eigenvalue weighted by molar-refractivity contribution is -0.146. The zero-order valence-corrected chi connectivity index (χ0v) is 9.08. The quantitative estimate of drug-likeness (QED) is 0.669. The summed E-state index contributed by atoms with van der Waals surface area (Å²) >= 11 is 0. The Balaban J connectivity index is 2.58. The lowest BCUT2D eigenvalue weighted by Gasteiger charge is -2.21. The van der Waals surface area contributed by atoms with Crippen molar-refractivity contribution in [3.8, 4) is 0 Å². The highest BCUT2D eigenvalue weighted by Crippen LogP contribution is 2.15. The van der Waals surface area contributed by atoms with Gasteiger partial charge in [-0.2, -0.15) is 0 Å².